The first-order chi connectivity index (χ1) is 19.2. The molecule has 1 atom stereocenters. The van der Waals surface area contributed by atoms with Crippen LogP contribution in [0.4, 0.5) is 0 Å². The fourth-order valence-corrected chi connectivity index (χ4v) is 6.79. The van der Waals surface area contributed by atoms with Gasteiger partial charge >= 0.3 is 0 Å². The molecule has 0 bridgehead atoms. The van der Waals surface area contributed by atoms with E-state index in [1.807, 2.05) is 11.6 Å². The third kappa shape index (κ3) is 4.99. The van der Waals surface area contributed by atoms with Crippen molar-refractivity contribution >= 4 is 22.7 Å². The molecular formula is C32H38N4O4. The van der Waals surface area contributed by atoms with Crippen LogP contribution in [0, 0.1) is 17.2 Å². The van der Waals surface area contributed by atoms with Gasteiger partial charge < -0.3 is 19.3 Å². The Morgan fingerprint density at radius 1 is 1.20 bits per heavy atom. The molecule has 1 N–H and O–H groups in total. The zero-order chi connectivity index (χ0) is 28.6. The Labute approximate surface area is 235 Å². The number of aryl methyl sites for hydroxylation is 1. The van der Waals surface area contributed by atoms with E-state index in [4.69, 9.17) is 9.72 Å². The van der Waals surface area contributed by atoms with Crippen molar-refractivity contribution in [3.63, 3.8) is 0 Å². The molecule has 2 aromatic heterocycles. The summed E-state index contributed by atoms with van der Waals surface area (Å²) in [5, 5.41) is 19.8. The van der Waals surface area contributed by atoms with Crippen LogP contribution in [0.5, 0.6) is 5.75 Å². The Morgan fingerprint density at radius 2 is 1.95 bits per heavy atom. The summed E-state index contributed by atoms with van der Waals surface area (Å²) in [4.78, 5) is 33.5. The molecule has 8 heteroatoms. The highest BCUT2D eigenvalue weighted by atomic mass is 16.5. The lowest BCUT2D eigenvalue weighted by Gasteiger charge is -2.46. The maximum atomic E-state index is 13.3. The van der Waals surface area contributed by atoms with Gasteiger partial charge in [-0.05, 0) is 62.6 Å². The second-order valence-corrected chi connectivity index (χ2v) is 11.9. The van der Waals surface area contributed by atoms with E-state index in [0.29, 0.717) is 33.9 Å². The summed E-state index contributed by atoms with van der Waals surface area (Å²) in [5.74, 6) is 1.19. The molecule has 40 heavy (non-hydrogen) atoms. The Kier molecular flexibility index (Phi) is 7.70. The van der Waals surface area contributed by atoms with Crippen LogP contribution in [0.1, 0.15) is 90.9 Å². The van der Waals surface area contributed by atoms with Crippen molar-refractivity contribution < 1.29 is 19.4 Å². The molecule has 3 aromatic rings. The molecule has 1 amide bonds. The lowest BCUT2D eigenvalue weighted by molar-refractivity contribution is -0.143. The standard InChI is InChI=1S/C32H38N4O4/c1-32(2)15-22(11-12-36(32)31(39)20-7-5-6-8-20)26-18-35(3)30-28(26)29(40-4)25(17-34-30)14-27(38)21-9-10-23(19-37)24(13-21)16-33/h9-10,13,17-18,20,22,37H,5-8,11-12,14-15,19H2,1-4H3/t22-/m1/s1. The number of aliphatic hydroxyl groups excluding tert-OH is 1. The van der Waals surface area contributed by atoms with Crippen molar-refractivity contribution in [1.29, 1.82) is 5.26 Å². The fourth-order valence-electron chi connectivity index (χ4n) is 6.79. The number of carbonyl (C=O) groups excluding carboxylic acids is 2. The van der Waals surface area contributed by atoms with Gasteiger partial charge in [0.25, 0.3) is 0 Å². The molecular weight excluding hydrogens is 504 g/mol. The minimum atomic E-state index is -0.266. The number of aromatic nitrogens is 2. The van der Waals surface area contributed by atoms with Gasteiger partial charge in [0.05, 0.1) is 30.7 Å². The number of nitrogens with zero attached hydrogens (tertiary/aromatic N) is 4. The second kappa shape index (κ2) is 11.1. The number of hydrogen-bond donors (Lipinski definition) is 1. The average molecular weight is 543 g/mol. The largest absolute Gasteiger partial charge is 0.496 e. The van der Waals surface area contributed by atoms with E-state index < -0.39 is 0 Å². The van der Waals surface area contributed by atoms with Crippen molar-refractivity contribution in [3.8, 4) is 11.8 Å². The number of nitriles is 1. The van der Waals surface area contributed by atoms with Gasteiger partial charge in [0, 0.05) is 55.0 Å². The first-order valence-electron chi connectivity index (χ1n) is 14.2. The molecule has 1 saturated carbocycles. The normalized spacial score (nSPS) is 19.1. The van der Waals surface area contributed by atoms with E-state index in [1.54, 1.807) is 25.4 Å². The number of benzene rings is 1. The maximum absolute atomic E-state index is 13.3. The Hall–Kier alpha value is -3.70. The molecule has 2 aliphatic rings. The van der Waals surface area contributed by atoms with Gasteiger partial charge in [0.1, 0.15) is 11.4 Å². The number of hydrogen-bond acceptors (Lipinski definition) is 6. The third-order valence-electron chi connectivity index (χ3n) is 8.91. The van der Waals surface area contributed by atoms with E-state index >= 15 is 0 Å². The number of rotatable bonds is 7. The lowest BCUT2D eigenvalue weighted by atomic mass is 9.78. The van der Waals surface area contributed by atoms with E-state index in [9.17, 15) is 20.0 Å². The van der Waals surface area contributed by atoms with Gasteiger partial charge in [0.2, 0.25) is 5.91 Å². The lowest BCUT2D eigenvalue weighted by Crippen LogP contribution is -2.53. The van der Waals surface area contributed by atoms with Gasteiger partial charge in [-0.15, -0.1) is 0 Å². The summed E-state index contributed by atoms with van der Waals surface area (Å²) in [6.07, 6.45) is 9.90. The molecule has 0 unspecified atom stereocenters. The predicted molar refractivity (Wildman–Crippen MR) is 152 cm³/mol. The molecule has 1 aromatic carbocycles. The monoisotopic (exact) mass is 542 g/mol. The topological polar surface area (TPSA) is 108 Å². The van der Waals surface area contributed by atoms with Gasteiger partial charge in [-0.1, -0.05) is 25.0 Å². The predicted octanol–water partition coefficient (Wildman–Crippen LogP) is 5.05. The zero-order valence-electron chi connectivity index (χ0n) is 23.9. The second-order valence-electron chi connectivity index (χ2n) is 11.9. The summed E-state index contributed by atoms with van der Waals surface area (Å²) < 4.78 is 7.95. The van der Waals surface area contributed by atoms with Gasteiger partial charge in [-0.25, -0.2) is 4.98 Å². The van der Waals surface area contributed by atoms with Crippen LogP contribution in [0.3, 0.4) is 0 Å². The summed E-state index contributed by atoms with van der Waals surface area (Å²) in [6.45, 7) is 4.82. The van der Waals surface area contributed by atoms with Crippen molar-refractivity contribution in [1.82, 2.24) is 14.5 Å². The first kappa shape index (κ1) is 27.9. The molecule has 1 aliphatic carbocycles. The SMILES string of the molecule is COc1c(CC(=O)c2ccc(CO)c(C#N)c2)cnc2c1c([C@@H]1CCN(C(=O)C3CCCC3)C(C)(C)C1)cn2C. The summed E-state index contributed by atoms with van der Waals surface area (Å²) in [7, 11) is 3.59. The van der Waals surface area contributed by atoms with E-state index in [-0.39, 0.29) is 36.2 Å². The summed E-state index contributed by atoms with van der Waals surface area (Å²) in [6, 6.07) is 6.84. The van der Waals surface area contributed by atoms with Crippen molar-refractivity contribution in [2.45, 2.75) is 76.9 Å². The number of amides is 1. The molecule has 1 saturated heterocycles. The maximum Gasteiger partial charge on any atom is 0.226 e. The Balaban J connectivity index is 1.45. The number of aliphatic hydroxyl groups is 1. The third-order valence-corrected chi connectivity index (χ3v) is 8.91. The van der Waals surface area contributed by atoms with Crippen molar-refractivity contribution in [3.05, 3.63) is 58.4 Å². The van der Waals surface area contributed by atoms with Crippen LogP contribution in [0.25, 0.3) is 11.0 Å². The van der Waals surface area contributed by atoms with E-state index in [0.717, 1.165) is 61.7 Å². The van der Waals surface area contributed by atoms with Crippen LogP contribution >= 0.6 is 0 Å². The highest BCUT2D eigenvalue weighted by Crippen LogP contribution is 2.44. The van der Waals surface area contributed by atoms with Gasteiger partial charge in [0.15, 0.2) is 5.78 Å². The van der Waals surface area contributed by atoms with Crippen molar-refractivity contribution in [2.24, 2.45) is 13.0 Å². The first-order valence-corrected chi connectivity index (χ1v) is 14.2. The molecule has 3 heterocycles. The fraction of sp³-hybridized carbons (Fsp3) is 0.500. The number of piperidine rings is 1. The minimum Gasteiger partial charge on any atom is -0.496 e. The average Bonchev–Trinajstić information content (AvgIpc) is 3.60. The summed E-state index contributed by atoms with van der Waals surface area (Å²) >= 11 is 0. The van der Waals surface area contributed by atoms with Gasteiger partial charge in [-0.3, -0.25) is 9.59 Å². The molecule has 8 nitrogen and oxygen atoms in total. The molecule has 0 spiro atoms. The quantitative estimate of drug-likeness (QED) is 0.419. The summed E-state index contributed by atoms with van der Waals surface area (Å²) in [5.41, 5.74) is 3.54. The molecule has 5 rings (SSSR count). The number of pyridine rings is 1. The number of methoxy groups -OCH3 is 1. The van der Waals surface area contributed by atoms with Crippen LogP contribution < -0.4 is 4.74 Å². The van der Waals surface area contributed by atoms with Crippen LogP contribution in [0.15, 0.2) is 30.6 Å². The van der Waals surface area contributed by atoms with Crippen LogP contribution in [-0.2, 0) is 24.9 Å². The highest BCUT2D eigenvalue weighted by Gasteiger charge is 2.41. The number of likely N-dealkylation sites (tertiary alicyclic amines) is 1. The molecule has 1 aliphatic heterocycles. The van der Waals surface area contributed by atoms with Crippen molar-refractivity contribution in [2.75, 3.05) is 13.7 Å². The van der Waals surface area contributed by atoms with E-state index in [1.165, 1.54) is 6.07 Å². The molecule has 2 fully saturated rings. The van der Waals surface area contributed by atoms with Gasteiger partial charge in [-0.2, -0.15) is 5.26 Å². The number of fused-ring (bicyclic) bond motifs is 1. The molecule has 210 valence electrons. The smallest absolute Gasteiger partial charge is 0.226 e. The number of Topliss-reactive ketones (excluding diaryl/α,β-unsaturated/α-hetero) is 1. The van der Waals surface area contributed by atoms with Crippen LogP contribution in [-0.4, -0.2) is 50.4 Å². The minimum absolute atomic E-state index is 0.0730. The van der Waals surface area contributed by atoms with E-state index in [2.05, 4.69) is 31.0 Å². The highest BCUT2D eigenvalue weighted by molar-refractivity contribution is 5.99. The van der Waals surface area contributed by atoms with Crippen LogP contribution in [0.2, 0.25) is 0 Å². The Morgan fingerprint density at radius 3 is 2.60 bits per heavy atom. The molecule has 0 radical (unpaired) electrons. The Bertz CT molecular complexity index is 1490. The number of ketones is 1. The zero-order valence-corrected chi connectivity index (χ0v) is 23.9. The number of carbonyl (C=O) groups is 2. The number of ether oxygens (including phenoxy) is 1.